The molecule has 1 aromatic heterocycles. The van der Waals surface area contributed by atoms with E-state index < -0.39 is 5.97 Å². The van der Waals surface area contributed by atoms with Crippen LogP contribution in [0.15, 0.2) is 12.1 Å². The lowest BCUT2D eigenvalue weighted by molar-refractivity contribution is 0.0593. The summed E-state index contributed by atoms with van der Waals surface area (Å²) in [4.78, 5) is 13.3. The van der Waals surface area contributed by atoms with E-state index in [0.717, 1.165) is 25.9 Å². The first-order chi connectivity index (χ1) is 8.63. The van der Waals surface area contributed by atoms with E-state index in [1.165, 1.54) is 7.11 Å². The topological polar surface area (TPSA) is 67.3 Å². The van der Waals surface area contributed by atoms with E-state index >= 15 is 0 Å². The van der Waals surface area contributed by atoms with Crippen LogP contribution in [0, 0.1) is 0 Å². The van der Waals surface area contributed by atoms with Crippen LogP contribution in [0.2, 0.25) is 0 Å². The van der Waals surface area contributed by atoms with E-state index in [4.69, 9.17) is 0 Å². The first-order valence-electron chi connectivity index (χ1n) is 5.94. The molecule has 6 nitrogen and oxygen atoms in total. The molecular weight excluding hydrogens is 232 g/mol. The van der Waals surface area contributed by atoms with Gasteiger partial charge in [-0.25, -0.2) is 4.79 Å². The van der Waals surface area contributed by atoms with Crippen molar-refractivity contribution in [2.24, 2.45) is 0 Å². The maximum atomic E-state index is 11.1. The summed E-state index contributed by atoms with van der Waals surface area (Å²) in [5.74, 6) is 0.201. The molecule has 0 fully saturated rings. The number of hydrogen-bond acceptors (Lipinski definition) is 6. The number of carbonyl (C=O) groups excluding carboxylic acids is 1. The van der Waals surface area contributed by atoms with Crippen molar-refractivity contribution in [1.29, 1.82) is 0 Å². The van der Waals surface area contributed by atoms with Crippen LogP contribution in [0.1, 0.15) is 23.3 Å². The minimum atomic E-state index is -0.472. The molecule has 0 radical (unpaired) electrons. The number of aromatic nitrogens is 2. The zero-order valence-corrected chi connectivity index (χ0v) is 11.1. The second-order valence-electron chi connectivity index (χ2n) is 4.23. The molecule has 6 heteroatoms. The fraction of sp³-hybridized carbons (Fsp3) is 0.583. The van der Waals surface area contributed by atoms with Crippen LogP contribution in [0.4, 0.5) is 5.82 Å². The molecule has 0 spiro atoms. The van der Waals surface area contributed by atoms with E-state index in [0.29, 0.717) is 5.82 Å². The van der Waals surface area contributed by atoms with Crippen molar-refractivity contribution in [2.45, 2.75) is 12.8 Å². The SMILES string of the molecule is COC(=O)c1ccc(NCCCCN(C)C)nn1. The summed E-state index contributed by atoms with van der Waals surface area (Å²) in [6.07, 6.45) is 2.20. The van der Waals surface area contributed by atoms with Crippen molar-refractivity contribution in [3.05, 3.63) is 17.8 Å². The Morgan fingerprint density at radius 1 is 1.33 bits per heavy atom. The normalized spacial score (nSPS) is 10.4. The number of ether oxygens (including phenoxy) is 1. The van der Waals surface area contributed by atoms with Gasteiger partial charge < -0.3 is 15.0 Å². The Labute approximate surface area is 107 Å². The molecule has 1 heterocycles. The fourth-order valence-corrected chi connectivity index (χ4v) is 1.41. The van der Waals surface area contributed by atoms with Gasteiger partial charge in [0.15, 0.2) is 5.69 Å². The zero-order chi connectivity index (χ0) is 13.4. The molecule has 0 saturated carbocycles. The highest BCUT2D eigenvalue weighted by Gasteiger charge is 2.06. The molecule has 0 aliphatic heterocycles. The van der Waals surface area contributed by atoms with E-state index in [9.17, 15) is 4.79 Å². The number of hydrogen-bond donors (Lipinski definition) is 1. The smallest absolute Gasteiger partial charge is 0.358 e. The predicted octanol–water partition coefficient (Wildman–Crippen LogP) is 1.02. The number of nitrogens with zero attached hydrogens (tertiary/aromatic N) is 3. The van der Waals surface area contributed by atoms with E-state index in [1.54, 1.807) is 12.1 Å². The Bertz CT molecular complexity index is 365. The van der Waals surface area contributed by atoms with Crippen LogP contribution in [-0.4, -0.2) is 55.4 Å². The first-order valence-corrected chi connectivity index (χ1v) is 5.94. The van der Waals surface area contributed by atoms with Gasteiger partial charge >= 0.3 is 5.97 Å². The summed E-state index contributed by atoms with van der Waals surface area (Å²) in [5, 5.41) is 10.8. The summed E-state index contributed by atoms with van der Waals surface area (Å²) in [7, 11) is 5.44. The van der Waals surface area contributed by atoms with Gasteiger partial charge in [0.05, 0.1) is 7.11 Å². The Hall–Kier alpha value is -1.69. The number of methoxy groups -OCH3 is 1. The van der Waals surface area contributed by atoms with Gasteiger partial charge in [0.2, 0.25) is 0 Å². The lowest BCUT2D eigenvalue weighted by atomic mass is 10.3. The van der Waals surface area contributed by atoms with Crippen LogP contribution in [0.5, 0.6) is 0 Å². The fourth-order valence-electron chi connectivity index (χ4n) is 1.41. The van der Waals surface area contributed by atoms with Crippen LogP contribution in [0.25, 0.3) is 0 Å². The van der Waals surface area contributed by atoms with Gasteiger partial charge in [-0.05, 0) is 45.6 Å². The van der Waals surface area contributed by atoms with Crippen LogP contribution in [0.3, 0.4) is 0 Å². The third kappa shape index (κ3) is 5.09. The maximum Gasteiger partial charge on any atom is 0.358 e. The van der Waals surface area contributed by atoms with Crippen molar-refractivity contribution >= 4 is 11.8 Å². The van der Waals surface area contributed by atoms with E-state index in [-0.39, 0.29) is 5.69 Å². The van der Waals surface area contributed by atoms with Gasteiger partial charge in [-0.2, -0.15) is 0 Å². The Morgan fingerprint density at radius 3 is 2.67 bits per heavy atom. The molecule has 0 aliphatic rings. The maximum absolute atomic E-state index is 11.1. The average Bonchev–Trinajstić information content (AvgIpc) is 2.38. The third-order valence-electron chi connectivity index (χ3n) is 2.40. The van der Waals surface area contributed by atoms with E-state index in [2.05, 4.69) is 39.2 Å². The molecule has 1 N–H and O–H groups in total. The molecule has 18 heavy (non-hydrogen) atoms. The minimum Gasteiger partial charge on any atom is -0.464 e. The summed E-state index contributed by atoms with van der Waals surface area (Å²) >= 11 is 0. The van der Waals surface area contributed by atoms with Gasteiger partial charge in [-0.3, -0.25) is 0 Å². The Balaban J connectivity index is 2.29. The van der Waals surface area contributed by atoms with Gasteiger partial charge in [-0.15, -0.1) is 10.2 Å². The highest BCUT2D eigenvalue weighted by atomic mass is 16.5. The minimum absolute atomic E-state index is 0.218. The molecular formula is C12H20N4O2. The van der Waals surface area contributed by atoms with Crippen molar-refractivity contribution in [3.63, 3.8) is 0 Å². The van der Waals surface area contributed by atoms with Crippen molar-refractivity contribution in [2.75, 3.05) is 39.6 Å². The molecule has 1 rings (SSSR count). The van der Waals surface area contributed by atoms with Crippen molar-refractivity contribution < 1.29 is 9.53 Å². The highest BCUT2D eigenvalue weighted by Crippen LogP contribution is 2.03. The summed E-state index contributed by atoms with van der Waals surface area (Å²) in [6, 6.07) is 3.33. The van der Waals surface area contributed by atoms with Crippen molar-refractivity contribution in [1.82, 2.24) is 15.1 Å². The second kappa shape index (κ2) is 7.60. The lowest BCUT2D eigenvalue weighted by Gasteiger charge is -2.09. The molecule has 0 aliphatic carbocycles. The second-order valence-corrected chi connectivity index (χ2v) is 4.23. The number of rotatable bonds is 7. The van der Waals surface area contributed by atoms with Gasteiger partial charge in [0.25, 0.3) is 0 Å². The number of carbonyl (C=O) groups is 1. The van der Waals surface area contributed by atoms with Crippen LogP contribution in [-0.2, 0) is 4.74 Å². The molecule has 1 aromatic rings. The molecule has 0 saturated heterocycles. The summed E-state index contributed by atoms with van der Waals surface area (Å²) in [5.41, 5.74) is 0.218. The van der Waals surface area contributed by atoms with Gasteiger partial charge in [0, 0.05) is 6.54 Å². The quantitative estimate of drug-likeness (QED) is 0.577. The number of unbranched alkanes of at least 4 members (excludes halogenated alkanes) is 1. The molecule has 100 valence electrons. The molecule has 0 unspecified atom stereocenters. The first kappa shape index (κ1) is 14.4. The molecule has 0 amide bonds. The van der Waals surface area contributed by atoms with Crippen LogP contribution >= 0.6 is 0 Å². The molecule has 0 aromatic carbocycles. The monoisotopic (exact) mass is 252 g/mol. The third-order valence-corrected chi connectivity index (χ3v) is 2.40. The standard InChI is InChI=1S/C12H20N4O2/c1-16(2)9-5-4-8-13-11-7-6-10(14-15-11)12(17)18-3/h6-7H,4-5,8-9H2,1-3H3,(H,13,15). The zero-order valence-electron chi connectivity index (χ0n) is 11.1. The predicted molar refractivity (Wildman–Crippen MR) is 69.6 cm³/mol. The molecule has 0 bridgehead atoms. The van der Waals surface area contributed by atoms with Crippen LogP contribution < -0.4 is 5.32 Å². The van der Waals surface area contributed by atoms with E-state index in [1.807, 2.05) is 0 Å². The average molecular weight is 252 g/mol. The Kier molecular flexibility index (Phi) is 6.07. The van der Waals surface area contributed by atoms with Gasteiger partial charge in [-0.1, -0.05) is 0 Å². The Morgan fingerprint density at radius 2 is 2.11 bits per heavy atom. The van der Waals surface area contributed by atoms with Crippen molar-refractivity contribution in [3.8, 4) is 0 Å². The lowest BCUT2D eigenvalue weighted by Crippen LogP contribution is -2.14. The summed E-state index contributed by atoms with van der Waals surface area (Å²) < 4.78 is 4.55. The highest BCUT2D eigenvalue weighted by molar-refractivity contribution is 5.86. The molecule has 0 atom stereocenters. The van der Waals surface area contributed by atoms with Gasteiger partial charge in [0.1, 0.15) is 5.82 Å². The number of anilines is 1. The summed E-state index contributed by atoms with van der Waals surface area (Å²) in [6.45, 7) is 1.93. The number of nitrogens with one attached hydrogen (secondary N) is 1. The largest absolute Gasteiger partial charge is 0.464 e. The number of esters is 1.